The quantitative estimate of drug-likeness (QED) is 0.873. The van der Waals surface area contributed by atoms with Crippen LogP contribution < -0.4 is 15.4 Å². The lowest BCUT2D eigenvalue weighted by molar-refractivity contribution is 0.533. The Morgan fingerprint density at radius 2 is 1.74 bits per heavy atom. The van der Waals surface area contributed by atoms with Gasteiger partial charge in [-0.3, -0.25) is 9.78 Å². The molecule has 2 aliphatic heterocycles. The Morgan fingerprint density at radius 3 is 2.35 bits per heavy atom. The average Bonchev–Trinajstić information content (AvgIpc) is 3.12. The van der Waals surface area contributed by atoms with Crippen LogP contribution in [0.3, 0.4) is 0 Å². The minimum atomic E-state index is -0.805. The van der Waals surface area contributed by atoms with Crippen LogP contribution in [0.5, 0.6) is 0 Å². The molecule has 0 saturated carbocycles. The molecule has 2 aromatic rings. The van der Waals surface area contributed by atoms with Gasteiger partial charge in [0.2, 0.25) is 17.7 Å². The van der Waals surface area contributed by atoms with Crippen molar-refractivity contribution in [2.75, 3.05) is 36.0 Å². The highest BCUT2D eigenvalue weighted by Crippen LogP contribution is 2.33. The van der Waals surface area contributed by atoms with Gasteiger partial charge in [-0.1, -0.05) is 0 Å². The number of anilines is 2. The van der Waals surface area contributed by atoms with Crippen molar-refractivity contribution in [2.45, 2.75) is 6.92 Å². The molecule has 0 radical (unpaired) electrons. The van der Waals surface area contributed by atoms with Gasteiger partial charge in [0, 0.05) is 50.4 Å². The van der Waals surface area contributed by atoms with Crippen molar-refractivity contribution in [3.05, 3.63) is 40.3 Å². The van der Waals surface area contributed by atoms with Crippen LogP contribution in [-0.4, -0.2) is 46.1 Å². The van der Waals surface area contributed by atoms with Crippen molar-refractivity contribution >= 4 is 11.9 Å². The van der Waals surface area contributed by atoms with Crippen molar-refractivity contribution in [3.8, 4) is 0 Å². The van der Waals surface area contributed by atoms with Crippen LogP contribution in [0.4, 0.5) is 16.3 Å². The monoisotopic (exact) mass is 316 g/mol. The van der Waals surface area contributed by atoms with Crippen LogP contribution in [0, 0.1) is 24.6 Å². The SMILES string of the molecule is Cc1nc(N2CC3CN(c4ncccn4)CC3C2)[nH]c(=O)c1F. The van der Waals surface area contributed by atoms with E-state index in [9.17, 15) is 9.18 Å². The first-order valence-electron chi connectivity index (χ1n) is 7.65. The van der Waals surface area contributed by atoms with Gasteiger partial charge in [-0.25, -0.2) is 15.0 Å². The number of rotatable bonds is 2. The van der Waals surface area contributed by atoms with E-state index < -0.39 is 11.4 Å². The van der Waals surface area contributed by atoms with E-state index in [1.165, 1.54) is 6.92 Å². The molecule has 2 saturated heterocycles. The predicted molar refractivity (Wildman–Crippen MR) is 83.0 cm³/mol. The Balaban J connectivity index is 1.49. The third-order valence-corrected chi connectivity index (χ3v) is 4.64. The normalized spacial score (nSPS) is 23.4. The highest BCUT2D eigenvalue weighted by Gasteiger charge is 2.41. The largest absolute Gasteiger partial charge is 0.342 e. The van der Waals surface area contributed by atoms with E-state index >= 15 is 0 Å². The molecule has 120 valence electrons. The number of H-pyrrole nitrogens is 1. The molecular formula is C15H17FN6O. The average molecular weight is 316 g/mol. The number of fused-ring (bicyclic) bond motifs is 1. The van der Waals surface area contributed by atoms with Gasteiger partial charge < -0.3 is 9.80 Å². The van der Waals surface area contributed by atoms with E-state index in [0.717, 1.165) is 32.1 Å². The van der Waals surface area contributed by atoms with E-state index in [1.807, 2.05) is 4.90 Å². The van der Waals surface area contributed by atoms with Crippen molar-refractivity contribution in [1.82, 2.24) is 19.9 Å². The molecule has 2 fully saturated rings. The molecule has 7 nitrogen and oxygen atoms in total. The number of hydrogen-bond acceptors (Lipinski definition) is 6. The minimum Gasteiger partial charge on any atom is -0.342 e. The number of aryl methyl sites for hydroxylation is 1. The van der Waals surface area contributed by atoms with E-state index in [1.54, 1.807) is 18.5 Å². The summed E-state index contributed by atoms with van der Waals surface area (Å²) in [6.07, 6.45) is 3.50. The second-order valence-corrected chi connectivity index (χ2v) is 6.17. The van der Waals surface area contributed by atoms with Gasteiger partial charge in [0.15, 0.2) is 0 Å². The second kappa shape index (κ2) is 5.29. The molecule has 0 bridgehead atoms. The summed E-state index contributed by atoms with van der Waals surface area (Å²) in [4.78, 5) is 31.1. The fourth-order valence-corrected chi connectivity index (χ4v) is 3.49. The zero-order chi connectivity index (χ0) is 16.0. The molecule has 2 aliphatic rings. The lowest BCUT2D eigenvalue weighted by atomic mass is 10.0. The maximum Gasteiger partial charge on any atom is 0.288 e. The lowest BCUT2D eigenvalue weighted by Gasteiger charge is -2.22. The minimum absolute atomic E-state index is 0.139. The number of nitrogens with one attached hydrogen (secondary N) is 1. The highest BCUT2D eigenvalue weighted by molar-refractivity contribution is 5.38. The van der Waals surface area contributed by atoms with Crippen LogP contribution in [-0.2, 0) is 0 Å². The molecule has 23 heavy (non-hydrogen) atoms. The van der Waals surface area contributed by atoms with Crippen molar-refractivity contribution in [1.29, 1.82) is 0 Å². The first kappa shape index (κ1) is 14.1. The third-order valence-electron chi connectivity index (χ3n) is 4.64. The zero-order valence-electron chi connectivity index (χ0n) is 12.7. The standard InChI is InChI=1S/C15H17FN6O/c1-9-12(16)13(23)20-15(19-9)22-7-10-5-21(6-11(10)8-22)14-17-3-2-4-18-14/h2-4,10-11H,5-8H2,1H3,(H,19,20,23). The fraction of sp³-hybridized carbons (Fsp3) is 0.467. The zero-order valence-corrected chi connectivity index (χ0v) is 12.7. The van der Waals surface area contributed by atoms with E-state index in [2.05, 4.69) is 24.8 Å². The Kier molecular flexibility index (Phi) is 3.24. The van der Waals surface area contributed by atoms with Crippen LogP contribution in [0.2, 0.25) is 0 Å². The number of aromatic nitrogens is 4. The van der Waals surface area contributed by atoms with Gasteiger partial charge in [-0.05, 0) is 13.0 Å². The number of hydrogen-bond donors (Lipinski definition) is 1. The Morgan fingerprint density at radius 1 is 1.13 bits per heavy atom. The molecule has 2 atom stereocenters. The molecule has 4 heterocycles. The van der Waals surface area contributed by atoms with Gasteiger partial charge in [0.1, 0.15) is 0 Å². The molecule has 1 N–H and O–H groups in total. The molecule has 0 spiro atoms. The Labute approximate surface area is 132 Å². The van der Waals surface area contributed by atoms with Crippen LogP contribution in [0.1, 0.15) is 5.69 Å². The van der Waals surface area contributed by atoms with E-state index in [0.29, 0.717) is 17.8 Å². The first-order chi connectivity index (χ1) is 11.1. The van der Waals surface area contributed by atoms with Crippen LogP contribution >= 0.6 is 0 Å². The summed E-state index contributed by atoms with van der Waals surface area (Å²) >= 11 is 0. The van der Waals surface area contributed by atoms with Gasteiger partial charge in [0.25, 0.3) is 5.56 Å². The van der Waals surface area contributed by atoms with Gasteiger partial charge in [0.05, 0.1) is 5.69 Å². The molecule has 0 aromatic carbocycles. The van der Waals surface area contributed by atoms with Crippen molar-refractivity contribution in [3.63, 3.8) is 0 Å². The summed E-state index contributed by atoms with van der Waals surface area (Å²) in [7, 11) is 0. The van der Waals surface area contributed by atoms with Gasteiger partial charge in [-0.15, -0.1) is 0 Å². The topological polar surface area (TPSA) is 78.0 Å². The molecule has 4 rings (SSSR count). The highest BCUT2D eigenvalue weighted by atomic mass is 19.1. The second-order valence-electron chi connectivity index (χ2n) is 6.17. The third kappa shape index (κ3) is 2.43. The molecule has 0 aliphatic carbocycles. The summed E-state index contributed by atoms with van der Waals surface area (Å²) in [6.45, 7) is 4.87. The molecule has 2 unspecified atom stereocenters. The number of halogens is 1. The molecule has 8 heteroatoms. The lowest BCUT2D eigenvalue weighted by Crippen LogP contribution is -2.32. The maximum absolute atomic E-state index is 13.4. The summed E-state index contributed by atoms with van der Waals surface area (Å²) in [5.41, 5.74) is -0.566. The maximum atomic E-state index is 13.4. The van der Waals surface area contributed by atoms with Gasteiger partial charge >= 0.3 is 0 Å². The van der Waals surface area contributed by atoms with Crippen LogP contribution in [0.15, 0.2) is 23.3 Å². The fourth-order valence-electron chi connectivity index (χ4n) is 3.49. The summed E-state index contributed by atoms with van der Waals surface area (Å²) in [6, 6.07) is 1.81. The van der Waals surface area contributed by atoms with Gasteiger partial charge in [-0.2, -0.15) is 4.39 Å². The molecular weight excluding hydrogens is 299 g/mol. The predicted octanol–water partition coefficient (Wildman–Crippen LogP) is 0.580. The van der Waals surface area contributed by atoms with E-state index in [-0.39, 0.29) is 5.69 Å². The van der Waals surface area contributed by atoms with E-state index in [4.69, 9.17) is 0 Å². The summed E-state index contributed by atoms with van der Waals surface area (Å²) < 4.78 is 13.4. The number of nitrogens with zero attached hydrogens (tertiary/aromatic N) is 5. The molecule has 2 aromatic heterocycles. The number of aromatic amines is 1. The summed E-state index contributed by atoms with van der Waals surface area (Å²) in [5.74, 6) is 1.35. The smallest absolute Gasteiger partial charge is 0.288 e. The summed E-state index contributed by atoms with van der Waals surface area (Å²) in [5, 5.41) is 0. The molecule has 0 amide bonds. The van der Waals surface area contributed by atoms with Crippen molar-refractivity contribution < 1.29 is 4.39 Å². The Hall–Kier alpha value is -2.51. The first-order valence-corrected chi connectivity index (χ1v) is 7.65. The Bertz CT molecular complexity index is 765. The van der Waals surface area contributed by atoms with Crippen LogP contribution in [0.25, 0.3) is 0 Å². The van der Waals surface area contributed by atoms with Crippen molar-refractivity contribution in [2.24, 2.45) is 11.8 Å².